The van der Waals surface area contributed by atoms with Crippen molar-refractivity contribution in [3.8, 4) is 22.5 Å². The largest absolute Gasteiger partial charge is 0.330 e. The number of anilines is 4. The Bertz CT molecular complexity index is 1160. The SMILES string of the molecule is c1cncc(Nc2nc(-c3cccc(-c4csc(Nc5cccnc5)n4)c3)cs2)c1. The van der Waals surface area contributed by atoms with E-state index in [0.717, 1.165) is 44.2 Å². The number of nitrogens with one attached hydrogen (secondary N) is 2. The van der Waals surface area contributed by atoms with Crippen LogP contribution in [0.25, 0.3) is 22.5 Å². The molecule has 4 heterocycles. The van der Waals surface area contributed by atoms with Gasteiger partial charge in [-0.1, -0.05) is 18.2 Å². The summed E-state index contributed by atoms with van der Waals surface area (Å²) in [4.78, 5) is 17.7. The highest BCUT2D eigenvalue weighted by Gasteiger charge is 2.09. The van der Waals surface area contributed by atoms with Crippen LogP contribution in [0.4, 0.5) is 21.6 Å². The predicted molar refractivity (Wildman–Crippen MR) is 124 cm³/mol. The molecule has 0 bridgehead atoms. The minimum atomic E-state index is 0.833. The standard InChI is InChI=1S/C22H16N6S2/c1-4-15(19-13-29-21(27-19)25-17-6-2-8-23-11-17)10-16(5-1)20-14-30-22(28-20)26-18-7-3-9-24-12-18/h1-14H,(H,25,27)(H,26,28). The Morgan fingerprint density at radius 3 is 1.63 bits per heavy atom. The molecule has 146 valence electrons. The molecule has 5 rings (SSSR count). The molecule has 8 heteroatoms. The van der Waals surface area contributed by atoms with E-state index < -0.39 is 0 Å². The zero-order valence-corrected chi connectivity index (χ0v) is 17.3. The summed E-state index contributed by atoms with van der Waals surface area (Å²) in [6, 6.07) is 16.0. The van der Waals surface area contributed by atoms with E-state index in [1.54, 1.807) is 47.5 Å². The van der Waals surface area contributed by atoms with Gasteiger partial charge in [0.2, 0.25) is 0 Å². The summed E-state index contributed by atoms with van der Waals surface area (Å²) in [7, 11) is 0. The number of pyridine rings is 2. The first-order chi connectivity index (χ1) is 14.8. The molecule has 6 nitrogen and oxygen atoms in total. The second-order valence-electron chi connectivity index (χ2n) is 6.39. The third kappa shape index (κ3) is 4.19. The summed E-state index contributed by atoms with van der Waals surface area (Å²) in [5, 5.41) is 12.3. The number of aromatic nitrogens is 4. The van der Waals surface area contributed by atoms with Crippen LogP contribution in [0, 0.1) is 0 Å². The molecule has 0 aliphatic rings. The van der Waals surface area contributed by atoms with Gasteiger partial charge < -0.3 is 10.6 Å². The van der Waals surface area contributed by atoms with Gasteiger partial charge in [0, 0.05) is 34.3 Å². The van der Waals surface area contributed by atoms with Gasteiger partial charge >= 0.3 is 0 Å². The molecule has 0 atom stereocenters. The summed E-state index contributed by atoms with van der Waals surface area (Å²) in [5.74, 6) is 0. The highest BCUT2D eigenvalue weighted by molar-refractivity contribution is 7.14. The van der Waals surface area contributed by atoms with Gasteiger partial charge in [-0.15, -0.1) is 22.7 Å². The van der Waals surface area contributed by atoms with Crippen molar-refractivity contribution in [1.29, 1.82) is 0 Å². The smallest absolute Gasteiger partial charge is 0.187 e. The number of thiazole rings is 2. The second kappa shape index (κ2) is 8.40. The Labute approximate surface area is 181 Å². The predicted octanol–water partition coefficient (Wildman–Crippen LogP) is 6.21. The van der Waals surface area contributed by atoms with Crippen LogP contribution in [-0.4, -0.2) is 19.9 Å². The van der Waals surface area contributed by atoms with Crippen molar-refractivity contribution >= 4 is 44.3 Å². The van der Waals surface area contributed by atoms with Crippen molar-refractivity contribution < 1.29 is 0 Å². The van der Waals surface area contributed by atoms with Gasteiger partial charge in [0.05, 0.1) is 35.2 Å². The lowest BCUT2D eigenvalue weighted by Crippen LogP contribution is -1.90. The van der Waals surface area contributed by atoms with E-state index in [9.17, 15) is 0 Å². The van der Waals surface area contributed by atoms with Crippen molar-refractivity contribution in [1.82, 2.24) is 19.9 Å². The molecule has 0 aliphatic carbocycles. The van der Waals surface area contributed by atoms with Crippen LogP contribution in [0.3, 0.4) is 0 Å². The molecule has 0 saturated heterocycles. The van der Waals surface area contributed by atoms with E-state index in [1.807, 2.05) is 41.1 Å². The lowest BCUT2D eigenvalue weighted by molar-refractivity contribution is 1.31. The van der Waals surface area contributed by atoms with E-state index in [1.165, 1.54) is 0 Å². The summed E-state index contributed by atoms with van der Waals surface area (Å²) in [6.45, 7) is 0. The van der Waals surface area contributed by atoms with Gasteiger partial charge in [0.15, 0.2) is 10.3 Å². The molecule has 0 amide bonds. The molecule has 0 spiro atoms. The molecule has 0 unspecified atom stereocenters. The third-order valence-corrected chi connectivity index (χ3v) is 5.80. The maximum absolute atomic E-state index is 4.71. The van der Waals surface area contributed by atoms with Crippen molar-refractivity contribution in [2.24, 2.45) is 0 Å². The number of nitrogens with zero attached hydrogens (tertiary/aromatic N) is 4. The Hall–Kier alpha value is -3.62. The van der Waals surface area contributed by atoms with Crippen LogP contribution in [0.2, 0.25) is 0 Å². The van der Waals surface area contributed by atoms with Crippen LogP contribution in [0.1, 0.15) is 0 Å². The van der Waals surface area contributed by atoms with Gasteiger partial charge in [-0.3, -0.25) is 9.97 Å². The van der Waals surface area contributed by atoms with Gasteiger partial charge in [0.1, 0.15) is 0 Å². The Morgan fingerprint density at radius 1 is 0.633 bits per heavy atom. The monoisotopic (exact) mass is 428 g/mol. The molecule has 0 fully saturated rings. The van der Waals surface area contributed by atoms with E-state index in [0.29, 0.717) is 0 Å². The Kier molecular flexibility index (Phi) is 5.15. The van der Waals surface area contributed by atoms with E-state index >= 15 is 0 Å². The summed E-state index contributed by atoms with van der Waals surface area (Å²) in [5.41, 5.74) is 5.80. The highest BCUT2D eigenvalue weighted by atomic mass is 32.1. The number of rotatable bonds is 6. The maximum Gasteiger partial charge on any atom is 0.187 e. The van der Waals surface area contributed by atoms with Gasteiger partial charge in [0.25, 0.3) is 0 Å². The molecular formula is C22H16N6S2. The third-order valence-electron chi connectivity index (χ3n) is 4.29. The van der Waals surface area contributed by atoms with Crippen LogP contribution in [-0.2, 0) is 0 Å². The minimum Gasteiger partial charge on any atom is -0.330 e. The zero-order chi connectivity index (χ0) is 20.2. The van der Waals surface area contributed by atoms with Gasteiger partial charge in [-0.2, -0.15) is 0 Å². The highest BCUT2D eigenvalue weighted by Crippen LogP contribution is 2.31. The molecular weight excluding hydrogens is 412 g/mol. The molecule has 0 aliphatic heterocycles. The molecule has 0 saturated carbocycles. The lowest BCUT2D eigenvalue weighted by Gasteiger charge is -2.03. The lowest BCUT2D eigenvalue weighted by atomic mass is 10.1. The van der Waals surface area contributed by atoms with Crippen LogP contribution < -0.4 is 10.6 Å². The van der Waals surface area contributed by atoms with Crippen LogP contribution in [0.5, 0.6) is 0 Å². The fourth-order valence-corrected chi connectivity index (χ4v) is 4.37. The van der Waals surface area contributed by atoms with Crippen molar-refractivity contribution in [2.75, 3.05) is 10.6 Å². The van der Waals surface area contributed by atoms with Gasteiger partial charge in [-0.05, 0) is 30.3 Å². The molecule has 4 aromatic heterocycles. The molecule has 2 N–H and O–H groups in total. The van der Waals surface area contributed by atoms with Gasteiger partial charge in [-0.25, -0.2) is 9.97 Å². The summed E-state index contributed by atoms with van der Waals surface area (Å²) < 4.78 is 0. The number of hydrogen-bond acceptors (Lipinski definition) is 8. The van der Waals surface area contributed by atoms with Crippen LogP contribution in [0.15, 0.2) is 84.1 Å². The average molecular weight is 429 g/mol. The Balaban J connectivity index is 1.35. The maximum atomic E-state index is 4.71. The zero-order valence-electron chi connectivity index (χ0n) is 15.7. The number of hydrogen-bond donors (Lipinski definition) is 2. The molecule has 0 radical (unpaired) electrons. The summed E-state index contributed by atoms with van der Waals surface area (Å²) >= 11 is 3.13. The fraction of sp³-hybridized carbons (Fsp3) is 0. The van der Waals surface area contributed by atoms with Crippen molar-refractivity contribution in [3.63, 3.8) is 0 Å². The summed E-state index contributed by atoms with van der Waals surface area (Å²) in [6.07, 6.45) is 7.06. The number of benzene rings is 1. The molecule has 1 aromatic carbocycles. The van der Waals surface area contributed by atoms with E-state index in [-0.39, 0.29) is 0 Å². The first-order valence-electron chi connectivity index (χ1n) is 9.19. The average Bonchev–Trinajstić information content (AvgIpc) is 3.45. The fourth-order valence-electron chi connectivity index (χ4n) is 2.89. The minimum absolute atomic E-state index is 0.833. The molecule has 5 aromatic rings. The van der Waals surface area contributed by atoms with E-state index in [2.05, 4.69) is 38.8 Å². The van der Waals surface area contributed by atoms with E-state index in [4.69, 9.17) is 9.97 Å². The molecule has 30 heavy (non-hydrogen) atoms. The quantitative estimate of drug-likeness (QED) is 0.335. The topological polar surface area (TPSA) is 75.6 Å². The first kappa shape index (κ1) is 18.4. The second-order valence-corrected chi connectivity index (χ2v) is 8.11. The van der Waals surface area contributed by atoms with Crippen LogP contribution >= 0.6 is 22.7 Å². The van der Waals surface area contributed by atoms with Crippen molar-refractivity contribution in [3.05, 3.63) is 84.1 Å². The first-order valence-corrected chi connectivity index (χ1v) is 11.0. The Morgan fingerprint density at radius 2 is 1.17 bits per heavy atom. The normalized spacial score (nSPS) is 10.7. The van der Waals surface area contributed by atoms with Crippen molar-refractivity contribution in [2.45, 2.75) is 0 Å².